The number of hydrogen-bond donors (Lipinski definition) is 0. The topological polar surface area (TPSA) is 60.2 Å². The van der Waals surface area contributed by atoms with E-state index in [2.05, 4.69) is 9.55 Å². The predicted molar refractivity (Wildman–Crippen MR) is 131 cm³/mol. The molecule has 3 heterocycles. The van der Waals surface area contributed by atoms with Gasteiger partial charge >= 0.3 is 0 Å². The Balaban J connectivity index is 1.35. The van der Waals surface area contributed by atoms with Crippen LogP contribution in [0.5, 0.6) is 0 Å². The Hall–Kier alpha value is -2.87. The number of benzene rings is 2. The first-order valence-corrected chi connectivity index (χ1v) is 12.2. The molecular formula is C25H23ClN4O2S. The molecule has 1 amide bonds. The van der Waals surface area contributed by atoms with E-state index in [-0.39, 0.29) is 5.91 Å². The molecular weight excluding hydrogens is 456 g/mol. The minimum absolute atomic E-state index is 0.0568. The Bertz CT molecular complexity index is 1250. The van der Waals surface area contributed by atoms with Crippen LogP contribution in [0, 0.1) is 0 Å². The predicted octanol–water partition coefficient (Wildman–Crippen LogP) is 4.90. The number of thioether (sulfide) groups is 1. The van der Waals surface area contributed by atoms with Gasteiger partial charge in [-0.3, -0.25) is 9.78 Å². The second kappa shape index (κ2) is 9.95. The van der Waals surface area contributed by atoms with Crippen molar-refractivity contribution in [1.82, 2.24) is 19.4 Å². The summed E-state index contributed by atoms with van der Waals surface area (Å²) in [5.41, 5.74) is 4.90. The van der Waals surface area contributed by atoms with Crippen LogP contribution in [0.25, 0.3) is 11.0 Å². The van der Waals surface area contributed by atoms with Gasteiger partial charge < -0.3 is 14.2 Å². The molecule has 1 aliphatic rings. The quantitative estimate of drug-likeness (QED) is 0.369. The first kappa shape index (κ1) is 21.9. The fourth-order valence-corrected chi connectivity index (χ4v) is 4.92. The summed E-state index contributed by atoms with van der Waals surface area (Å²) in [6.07, 6.45) is 3.62. The summed E-state index contributed by atoms with van der Waals surface area (Å²) >= 11 is 7.70. The smallest absolute Gasteiger partial charge is 0.254 e. The molecule has 8 heteroatoms. The molecule has 0 aliphatic carbocycles. The highest BCUT2D eigenvalue weighted by Crippen LogP contribution is 2.28. The molecule has 168 valence electrons. The Morgan fingerprint density at radius 1 is 1.00 bits per heavy atom. The molecule has 0 atom stereocenters. The molecule has 1 aliphatic heterocycles. The van der Waals surface area contributed by atoms with Gasteiger partial charge in [-0.25, -0.2) is 4.98 Å². The molecule has 2 aromatic heterocycles. The van der Waals surface area contributed by atoms with Crippen LogP contribution < -0.4 is 0 Å². The normalized spacial score (nSPS) is 14.0. The fourth-order valence-electron chi connectivity index (χ4n) is 3.82. The van der Waals surface area contributed by atoms with Gasteiger partial charge in [0.05, 0.1) is 37.0 Å². The van der Waals surface area contributed by atoms with Gasteiger partial charge in [0.2, 0.25) is 0 Å². The van der Waals surface area contributed by atoms with Gasteiger partial charge in [0, 0.05) is 35.6 Å². The van der Waals surface area contributed by atoms with Crippen molar-refractivity contribution in [2.24, 2.45) is 0 Å². The zero-order chi connectivity index (χ0) is 22.6. The van der Waals surface area contributed by atoms with E-state index in [9.17, 15) is 4.79 Å². The van der Waals surface area contributed by atoms with E-state index in [1.165, 1.54) is 5.56 Å². The number of pyridine rings is 1. The number of fused-ring (bicyclic) bond motifs is 1. The second-order valence-corrected chi connectivity index (χ2v) is 9.24. The lowest BCUT2D eigenvalue weighted by Gasteiger charge is -2.26. The molecule has 0 radical (unpaired) electrons. The van der Waals surface area contributed by atoms with Crippen molar-refractivity contribution in [3.8, 4) is 0 Å². The van der Waals surface area contributed by atoms with E-state index in [1.807, 2.05) is 65.7 Å². The second-order valence-electron chi connectivity index (χ2n) is 7.86. The maximum atomic E-state index is 12.7. The Kier molecular flexibility index (Phi) is 6.62. The molecule has 5 rings (SSSR count). The third-order valence-corrected chi connectivity index (χ3v) is 6.94. The number of rotatable bonds is 6. The van der Waals surface area contributed by atoms with Crippen molar-refractivity contribution in [2.75, 3.05) is 26.3 Å². The molecule has 0 bridgehead atoms. The zero-order valence-corrected chi connectivity index (χ0v) is 19.6. The number of morpholine rings is 1. The van der Waals surface area contributed by atoms with Gasteiger partial charge in [0.1, 0.15) is 0 Å². The van der Waals surface area contributed by atoms with Crippen molar-refractivity contribution >= 4 is 40.3 Å². The van der Waals surface area contributed by atoms with Crippen LogP contribution in [0.1, 0.15) is 21.5 Å². The minimum Gasteiger partial charge on any atom is -0.378 e. The Labute approximate surface area is 201 Å². The number of nitrogens with zero attached hydrogens (tertiary/aromatic N) is 4. The molecule has 0 unspecified atom stereocenters. The fraction of sp³-hybridized carbons (Fsp3) is 0.240. The minimum atomic E-state index is 0.0568. The van der Waals surface area contributed by atoms with E-state index in [4.69, 9.17) is 21.3 Å². The largest absolute Gasteiger partial charge is 0.378 e. The monoisotopic (exact) mass is 478 g/mol. The Morgan fingerprint density at radius 2 is 1.73 bits per heavy atom. The lowest BCUT2D eigenvalue weighted by Crippen LogP contribution is -2.40. The van der Waals surface area contributed by atoms with Crippen molar-refractivity contribution in [3.63, 3.8) is 0 Å². The SMILES string of the molecule is O=C(c1ccc(Cn2c(SCc3ccc(Cl)cc3)nc3ccncc32)cc1)N1CCOCC1. The molecule has 1 saturated heterocycles. The summed E-state index contributed by atoms with van der Waals surface area (Å²) in [7, 11) is 0. The van der Waals surface area contributed by atoms with Crippen LogP contribution in [0.15, 0.2) is 72.1 Å². The Morgan fingerprint density at radius 3 is 2.48 bits per heavy atom. The molecule has 1 fully saturated rings. The van der Waals surface area contributed by atoms with Crippen LogP contribution >= 0.6 is 23.4 Å². The summed E-state index contributed by atoms with van der Waals surface area (Å²) in [4.78, 5) is 23.7. The summed E-state index contributed by atoms with van der Waals surface area (Å²) in [6.45, 7) is 3.13. The number of carbonyl (C=O) groups excluding carboxylic acids is 1. The zero-order valence-electron chi connectivity index (χ0n) is 18.0. The number of ether oxygens (including phenoxy) is 1. The van der Waals surface area contributed by atoms with Gasteiger partial charge in [-0.2, -0.15) is 0 Å². The molecule has 0 spiro atoms. The van der Waals surface area contributed by atoms with Gasteiger partial charge in [-0.15, -0.1) is 0 Å². The molecule has 4 aromatic rings. The number of amides is 1. The van der Waals surface area contributed by atoms with E-state index >= 15 is 0 Å². The highest BCUT2D eigenvalue weighted by molar-refractivity contribution is 7.98. The van der Waals surface area contributed by atoms with E-state index in [1.54, 1.807) is 18.0 Å². The van der Waals surface area contributed by atoms with Crippen molar-refractivity contribution in [1.29, 1.82) is 0 Å². The number of carbonyl (C=O) groups is 1. The third kappa shape index (κ3) is 5.05. The maximum absolute atomic E-state index is 12.7. The highest BCUT2D eigenvalue weighted by atomic mass is 35.5. The van der Waals surface area contributed by atoms with Crippen molar-refractivity contribution < 1.29 is 9.53 Å². The summed E-state index contributed by atoms with van der Waals surface area (Å²) < 4.78 is 7.53. The van der Waals surface area contributed by atoms with Gasteiger partial charge in [0.25, 0.3) is 5.91 Å². The van der Waals surface area contributed by atoms with Crippen molar-refractivity contribution in [2.45, 2.75) is 17.5 Å². The lowest BCUT2D eigenvalue weighted by atomic mass is 10.1. The van der Waals surface area contributed by atoms with Gasteiger partial charge in [0.15, 0.2) is 5.16 Å². The van der Waals surface area contributed by atoms with Crippen LogP contribution in [0.2, 0.25) is 5.02 Å². The summed E-state index contributed by atoms with van der Waals surface area (Å²) in [5, 5.41) is 1.67. The molecule has 33 heavy (non-hydrogen) atoms. The summed E-state index contributed by atoms with van der Waals surface area (Å²) in [5.74, 6) is 0.849. The van der Waals surface area contributed by atoms with E-state index in [0.717, 1.165) is 32.5 Å². The van der Waals surface area contributed by atoms with Crippen molar-refractivity contribution in [3.05, 3.63) is 88.7 Å². The number of aromatic nitrogens is 3. The number of hydrogen-bond acceptors (Lipinski definition) is 5. The van der Waals surface area contributed by atoms with Crippen LogP contribution in [-0.4, -0.2) is 51.6 Å². The third-order valence-electron chi connectivity index (χ3n) is 5.64. The van der Waals surface area contributed by atoms with E-state index in [0.29, 0.717) is 38.4 Å². The van der Waals surface area contributed by atoms with Crippen LogP contribution in [0.4, 0.5) is 0 Å². The lowest BCUT2D eigenvalue weighted by molar-refractivity contribution is 0.0303. The molecule has 6 nitrogen and oxygen atoms in total. The highest BCUT2D eigenvalue weighted by Gasteiger charge is 2.18. The van der Waals surface area contributed by atoms with E-state index < -0.39 is 0 Å². The van der Waals surface area contributed by atoms with Crippen LogP contribution in [0.3, 0.4) is 0 Å². The van der Waals surface area contributed by atoms with Gasteiger partial charge in [-0.05, 0) is 41.5 Å². The first-order chi connectivity index (χ1) is 16.2. The van der Waals surface area contributed by atoms with Crippen LogP contribution in [-0.2, 0) is 17.0 Å². The average molecular weight is 479 g/mol. The summed E-state index contributed by atoms with van der Waals surface area (Å²) in [6, 6.07) is 17.7. The standard InChI is InChI=1S/C25H23ClN4O2S/c26-21-7-3-19(4-8-21)17-33-25-28-22-9-10-27-15-23(22)30(25)16-18-1-5-20(6-2-18)24(31)29-11-13-32-14-12-29/h1-10,15H,11-14,16-17H2. The molecule has 0 saturated carbocycles. The number of imidazole rings is 1. The number of halogens is 1. The van der Waals surface area contributed by atoms with Gasteiger partial charge in [-0.1, -0.05) is 47.6 Å². The maximum Gasteiger partial charge on any atom is 0.254 e. The average Bonchev–Trinajstić information content (AvgIpc) is 3.21. The first-order valence-electron chi connectivity index (χ1n) is 10.8. The molecule has 0 N–H and O–H groups in total. The molecule has 2 aromatic carbocycles.